The molecule has 0 saturated carbocycles. The molecule has 1 fully saturated rings. The average molecular weight is 452 g/mol. The van der Waals surface area contributed by atoms with Crippen LogP contribution in [-0.4, -0.2) is 85.0 Å². The van der Waals surface area contributed by atoms with Gasteiger partial charge in [-0.05, 0) is 36.4 Å². The number of carbonyl (C=O) groups is 2. The highest BCUT2D eigenvalue weighted by Gasteiger charge is 2.46. The Morgan fingerprint density at radius 2 is 1.28 bits per heavy atom. The van der Waals surface area contributed by atoms with Crippen molar-refractivity contribution in [2.45, 2.75) is 30.7 Å². The van der Waals surface area contributed by atoms with Crippen LogP contribution in [0.5, 0.6) is 23.0 Å². The van der Waals surface area contributed by atoms with Crippen molar-refractivity contribution in [3.63, 3.8) is 0 Å². The predicted molar refractivity (Wildman–Crippen MR) is 102 cm³/mol. The first-order valence-corrected chi connectivity index (χ1v) is 9.20. The Morgan fingerprint density at radius 3 is 1.81 bits per heavy atom. The van der Waals surface area contributed by atoms with E-state index in [4.69, 9.17) is 14.2 Å². The maximum absolute atomic E-state index is 12.2. The molecule has 2 aromatic carbocycles. The summed E-state index contributed by atoms with van der Waals surface area (Å²) in [5, 5.41) is 67.8. The second kappa shape index (κ2) is 9.28. The zero-order chi connectivity index (χ0) is 23.6. The van der Waals surface area contributed by atoms with Crippen molar-refractivity contribution in [3.8, 4) is 23.0 Å². The summed E-state index contributed by atoms with van der Waals surface area (Å²) < 4.78 is 15.2. The quantitative estimate of drug-likeness (QED) is 0.223. The van der Waals surface area contributed by atoms with Crippen molar-refractivity contribution in [2.75, 3.05) is 6.61 Å². The molecule has 0 bridgehead atoms. The lowest BCUT2D eigenvalue weighted by molar-refractivity contribution is -0.285. The molecule has 0 unspecified atom stereocenters. The van der Waals surface area contributed by atoms with Gasteiger partial charge in [0.25, 0.3) is 0 Å². The van der Waals surface area contributed by atoms with E-state index in [0.717, 1.165) is 30.3 Å². The predicted octanol–water partition coefficient (Wildman–Crippen LogP) is -0.670. The van der Waals surface area contributed by atoms with Crippen LogP contribution < -0.4 is 0 Å². The number of phenolic OH excluding ortho intramolecular Hbond substituents is 4. The van der Waals surface area contributed by atoms with Gasteiger partial charge in [-0.25, -0.2) is 9.59 Å². The Hall–Kier alpha value is -3.58. The largest absolute Gasteiger partial charge is 0.504 e. The van der Waals surface area contributed by atoms with E-state index in [-0.39, 0.29) is 11.1 Å². The molecular formula is C20H20O12. The lowest BCUT2D eigenvalue weighted by Crippen LogP contribution is -2.59. The van der Waals surface area contributed by atoms with Crippen LogP contribution in [0, 0.1) is 0 Å². The van der Waals surface area contributed by atoms with Crippen LogP contribution >= 0.6 is 0 Å². The van der Waals surface area contributed by atoms with Gasteiger partial charge in [-0.3, -0.25) is 0 Å². The van der Waals surface area contributed by atoms with Gasteiger partial charge in [-0.15, -0.1) is 0 Å². The number of benzene rings is 2. The smallest absolute Gasteiger partial charge is 0.340 e. The van der Waals surface area contributed by atoms with Crippen molar-refractivity contribution >= 4 is 11.9 Å². The molecule has 1 aliphatic rings. The fourth-order valence-corrected chi connectivity index (χ4v) is 2.87. The molecule has 12 heteroatoms. The molecule has 1 aliphatic heterocycles. The lowest BCUT2D eigenvalue weighted by Gasteiger charge is -2.39. The number of rotatable bonds is 5. The number of aliphatic hydroxyl groups is 3. The molecule has 0 aromatic heterocycles. The van der Waals surface area contributed by atoms with Gasteiger partial charge in [-0.1, -0.05) is 0 Å². The van der Waals surface area contributed by atoms with E-state index in [1.807, 2.05) is 0 Å². The number of aromatic hydroxyl groups is 4. The maximum atomic E-state index is 12.2. The summed E-state index contributed by atoms with van der Waals surface area (Å²) in [7, 11) is 0. The zero-order valence-electron chi connectivity index (χ0n) is 16.2. The Balaban J connectivity index is 1.66. The van der Waals surface area contributed by atoms with Gasteiger partial charge in [0.05, 0.1) is 11.1 Å². The number of hydrogen-bond acceptors (Lipinski definition) is 12. The molecule has 0 radical (unpaired) electrons. The highest BCUT2D eigenvalue weighted by atomic mass is 16.7. The van der Waals surface area contributed by atoms with Crippen LogP contribution in [0.4, 0.5) is 0 Å². The third-order valence-corrected chi connectivity index (χ3v) is 4.69. The Kier molecular flexibility index (Phi) is 6.69. The van der Waals surface area contributed by atoms with E-state index in [9.17, 15) is 45.3 Å². The molecule has 3 rings (SSSR count). The first kappa shape index (κ1) is 23.1. The minimum Gasteiger partial charge on any atom is -0.504 e. The second-order valence-corrected chi connectivity index (χ2v) is 6.93. The van der Waals surface area contributed by atoms with Gasteiger partial charge in [0, 0.05) is 0 Å². The number of carbonyl (C=O) groups excluding carboxylic acids is 2. The first-order chi connectivity index (χ1) is 15.1. The number of ether oxygens (including phenoxy) is 3. The molecule has 12 nitrogen and oxygen atoms in total. The summed E-state index contributed by atoms with van der Waals surface area (Å²) >= 11 is 0. The van der Waals surface area contributed by atoms with Gasteiger partial charge < -0.3 is 50.0 Å². The molecule has 7 N–H and O–H groups in total. The van der Waals surface area contributed by atoms with Crippen LogP contribution in [0.15, 0.2) is 36.4 Å². The normalized spacial score (nSPS) is 25.2. The highest BCUT2D eigenvalue weighted by Crippen LogP contribution is 2.28. The molecule has 0 amide bonds. The molecule has 1 heterocycles. The fraction of sp³-hybridized carbons (Fsp3) is 0.300. The minimum absolute atomic E-state index is 0.124. The Bertz CT molecular complexity index is 1000. The first-order valence-electron chi connectivity index (χ1n) is 9.20. The molecular weight excluding hydrogens is 432 g/mol. The summed E-state index contributed by atoms with van der Waals surface area (Å²) in [6.45, 7) is -0.626. The monoisotopic (exact) mass is 452 g/mol. The van der Waals surface area contributed by atoms with Crippen LogP contribution in [-0.2, 0) is 14.2 Å². The van der Waals surface area contributed by atoms with Crippen molar-refractivity contribution in [1.29, 1.82) is 0 Å². The molecule has 5 atom stereocenters. The topological polar surface area (TPSA) is 203 Å². The molecule has 0 spiro atoms. The van der Waals surface area contributed by atoms with Crippen molar-refractivity contribution in [1.82, 2.24) is 0 Å². The van der Waals surface area contributed by atoms with Crippen molar-refractivity contribution in [2.24, 2.45) is 0 Å². The number of hydrogen-bond donors (Lipinski definition) is 7. The van der Waals surface area contributed by atoms with E-state index < -0.39 is 72.2 Å². The third kappa shape index (κ3) is 4.84. The van der Waals surface area contributed by atoms with Gasteiger partial charge in [0.1, 0.15) is 31.0 Å². The second-order valence-electron chi connectivity index (χ2n) is 6.93. The van der Waals surface area contributed by atoms with E-state index in [1.54, 1.807) is 0 Å². The summed E-state index contributed by atoms with van der Waals surface area (Å²) in [5.41, 5.74) is -0.326. The highest BCUT2D eigenvalue weighted by molar-refractivity contribution is 5.90. The SMILES string of the molecule is O=C(OC[C@H]1O[C@@H](OC(=O)c2ccc(O)c(O)c2)[C@H](O)[C@@H](O)[C@@H]1O)c1ccc(O)c(O)c1. The van der Waals surface area contributed by atoms with E-state index in [2.05, 4.69) is 0 Å². The van der Waals surface area contributed by atoms with E-state index in [0.29, 0.717) is 0 Å². The fourth-order valence-electron chi connectivity index (χ4n) is 2.87. The van der Waals surface area contributed by atoms with Gasteiger partial charge in [0.15, 0.2) is 23.0 Å². The summed E-state index contributed by atoms with van der Waals surface area (Å²) in [4.78, 5) is 24.4. The van der Waals surface area contributed by atoms with Gasteiger partial charge >= 0.3 is 11.9 Å². The van der Waals surface area contributed by atoms with Crippen LogP contribution in [0.1, 0.15) is 20.7 Å². The van der Waals surface area contributed by atoms with Crippen molar-refractivity contribution < 1.29 is 59.5 Å². The van der Waals surface area contributed by atoms with Crippen LogP contribution in [0.2, 0.25) is 0 Å². The molecule has 2 aromatic rings. The van der Waals surface area contributed by atoms with Crippen LogP contribution in [0.3, 0.4) is 0 Å². The number of aliphatic hydroxyl groups excluding tert-OH is 3. The zero-order valence-corrected chi connectivity index (χ0v) is 16.2. The number of esters is 2. The minimum atomic E-state index is -1.85. The summed E-state index contributed by atoms with van der Waals surface area (Å²) in [6.07, 6.45) is -8.55. The number of phenols is 4. The molecule has 1 saturated heterocycles. The lowest BCUT2D eigenvalue weighted by atomic mass is 9.99. The van der Waals surface area contributed by atoms with E-state index in [1.165, 1.54) is 6.07 Å². The molecule has 32 heavy (non-hydrogen) atoms. The summed E-state index contributed by atoms with van der Waals surface area (Å²) in [6, 6.07) is 6.26. The van der Waals surface area contributed by atoms with Gasteiger partial charge in [0.2, 0.25) is 6.29 Å². The molecule has 172 valence electrons. The maximum Gasteiger partial charge on any atom is 0.340 e. The molecule has 0 aliphatic carbocycles. The average Bonchev–Trinajstić information content (AvgIpc) is 2.76. The Morgan fingerprint density at radius 1 is 0.750 bits per heavy atom. The van der Waals surface area contributed by atoms with E-state index >= 15 is 0 Å². The Labute approximate surface area is 180 Å². The summed E-state index contributed by atoms with van der Waals surface area (Å²) in [5.74, 6) is -4.11. The van der Waals surface area contributed by atoms with Crippen molar-refractivity contribution in [3.05, 3.63) is 47.5 Å². The standard InChI is InChI=1S/C20H20O12/c21-10-3-1-8(5-12(10)23)18(28)30-7-14-15(25)16(26)17(27)20(31-14)32-19(29)9-2-4-11(22)13(24)6-9/h1-6,14-17,20-27H,7H2/t14-,15-,16+,17-,20+/m1/s1. The van der Waals surface area contributed by atoms with Crippen LogP contribution in [0.25, 0.3) is 0 Å². The van der Waals surface area contributed by atoms with Gasteiger partial charge in [-0.2, -0.15) is 0 Å². The third-order valence-electron chi connectivity index (χ3n) is 4.69.